The number of aromatic nitrogens is 3. The fourth-order valence-electron chi connectivity index (χ4n) is 1.89. The molecular formula is C11H13N3O2S. The van der Waals surface area contributed by atoms with Crippen LogP contribution in [-0.4, -0.2) is 28.3 Å². The highest BCUT2D eigenvalue weighted by molar-refractivity contribution is 7.09. The van der Waals surface area contributed by atoms with E-state index in [1.807, 2.05) is 12.3 Å². The highest BCUT2D eigenvalue weighted by Crippen LogP contribution is 2.23. The molecule has 0 aromatic carbocycles. The monoisotopic (exact) mass is 251 g/mol. The van der Waals surface area contributed by atoms with Crippen molar-refractivity contribution in [3.05, 3.63) is 27.8 Å². The minimum Gasteiger partial charge on any atom is -0.381 e. The first-order chi connectivity index (χ1) is 8.31. The van der Waals surface area contributed by atoms with Gasteiger partial charge >= 0.3 is 0 Å². The van der Waals surface area contributed by atoms with Gasteiger partial charge in [-0.3, -0.25) is 0 Å². The number of ether oxygens (including phenoxy) is 1. The first-order valence-corrected chi connectivity index (χ1v) is 6.50. The standard InChI is InChI=1S/C11H13N3O2S/c1-7-12-9(6-17-7)4-10-13-11(14-16-10)8-2-3-15-5-8/h6,8H,2-5H2,1H3/t8-/m0/s1. The summed E-state index contributed by atoms with van der Waals surface area (Å²) >= 11 is 1.63. The smallest absolute Gasteiger partial charge is 0.232 e. The molecule has 1 aliphatic rings. The van der Waals surface area contributed by atoms with Crippen molar-refractivity contribution in [1.29, 1.82) is 0 Å². The Balaban J connectivity index is 1.71. The van der Waals surface area contributed by atoms with Crippen LogP contribution in [0.25, 0.3) is 0 Å². The number of hydrogen-bond acceptors (Lipinski definition) is 6. The van der Waals surface area contributed by atoms with Crippen molar-refractivity contribution in [1.82, 2.24) is 15.1 Å². The van der Waals surface area contributed by atoms with Crippen molar-refractivity contribution in [2.75, 3.05) is 13.2 Å². The average molecular weight is 251 g/mol. The van der Waals surface area contributed by atoms with Crippen molar-refractivity contribution in [2.24, 2.45) is 0 Å². The molecule has 2 aromatic heterocycles. The summed E-state index contributed by atoms with van der Waals surface area (Å²) in [4.78, 5) is 8.78. The third kappa shape index (κ3) is 2.37. The molecule has 1 saturated heterocycles. The molecule has 2 aromatic rings. The maximum atomic E-state index is 5.31. The normalized spacial score (nSPS) is 19.9. The van der Waals surface area contributed by atoms with E-state index in [4.69, 9.17) is 9.26 Å². The van der Waals surface area contributed by atoms with Gasteiger partial charge in [0.25, 0.3) is 0 Å². The predicted octanol–water partition coefficient (Wildman–Crippen LogP) is 1.93. The molecule has 0 saturated carbocycles. The molecule has 0 radical (unpaired) electrons. The molecule has 90 valence electrons. The third-order valence-electron chi connectivity index (χ3n) is 2.78. The van der Waals surface area contributed by atoms with Crippen LogP contribution < -0.4 is 0 Å². The Morgan fingerprint density at radius 1 is 1.47 bits per heavy atom. The predicted molar refractivity (Wildman–Crippen MR) is 62.1 cm³/mol. The van der Waals surface area contributed by atoms with E-state index in [1.165, 1.54) is 0 Å². The number of hydrogen-bond donors (Lipinski definition) is 0. The van der Waals surface area contributed by atoms with Crippen LogP contribution in [0.5, 0.6) is 0 Å². The quantitative estimate of drug-likeness (QED) is 0.834. The Labute approximate surface area is 103 Å². The summed E-state index contributed by atoms with van der Waals surface area (Å²) in [6, 6.07) is 0. The van der Waals surface area contributed by atoms with Gasteiger partial charge in [0.2, 0.25) is 5.89 Å². The van der Waals surface area contributed by atoms with Gasteiger partial charge in [0, 0.05) is 17.9 Å². The Kier molecular flexibility index (Phi) is 2.90. The van der Waals surface area contributed by atoms with Gasteiger partial charge in [-0.15, -0.1) is 11.3 Å². The number of rotatable bonds is 3. The van der Waals surface area contributed by atoms with E-state index in [1.54, 1.807) is 11.3 Å². The minimum atomic E-state index is 0.296. The Morgan fingerprint density at radius 2 is 2.41 bits per heavy atom. The van der Waals surface area contributed by atoms with Crippen LogP contribution in [0.4, 0.5) is 0 Å². The van der Waals surface area contributed by atoms with E-state index in [0.29, 0.717) is 24.8 Å². The van der Waals surface area contributed by atoms with Crippen molar-refractivity contribution >= 4 is 11.3 Å². The number of aryl methyl sites for hydroxylation is 1. The van der Waals surface area contributed by atoms with Gasteiger partial charge in [0.15, 0.2) is 5.82 Å². The molecule has 0 bridgehead atoms. The van der Waals surface area contributed by atoms with Crippen molar-refractivity contribution < 1.29 is 9.26 Å². The highest BCUT2D eigenvalue weighted by Gasteiger charge is 2.23. The van der Waals surface area contributed by atoms with Gasteiger partial charge in [0.1, 0.15) is 0 Å². The lowest BCUT2D eigenvalue weighted by molar-refractivity contribution is 0.192. The molecule has 1 aliphatic heterocycles. The molecule has 0 unspecified atom stereocenters. The first-order valence-electron chi connectivity index (χ1n) is 5.62. The van der Waals surface area contributed by atoms with Gasteiger partial charge in [-0.05, 0) is 13.3 Å². The Morgan fingerprint density at radius 3 is 3.12 bits per heavy atom. The molecule has 17 heavy (non-hydrogen) atoms. The van der Waals surface area contributed by atoms with Crippen LogP contribution in [0, 0.1) is 6.92 Å². The summed E-state index contributed by atoms with van der Waals surface area (Å²) in [5.41, 5.74) is 0.991. The summed E-state index contributed by atoms with van der Waals surface area (Å²) in [6.07, 6.45) is 1.60. The molecule has 0 aliphatic carbocycles. The average Bonchev–Trinajstić information content (AvgIpc) is 3.00. The molecule has 3 rings (SSSR count). The van der Waals surface area contributed by atoms with E-state index in [0.717, 1.165) is 29.6 Å². The SMILES string of the molecule is Cc1nc(Cc2nc([C@H]3CCOC3)no2)cs1. The third-order valence-corrected chi connectivity index (χ3v) is 3.60. The second-order valence-corrected chi connectivity index (χ2v) is 5.20. The maximum absolute atomic E-state index is 5.31. The van der Waals surface area contributed by atoms with Crippen LogP contribution in [0.15, 0.2) is 9.90 Å². The largest absolute Gasteiger partial charge is 0.381 e. The van der Waals surface area contributed by atoms with Gasteiger partial charge in [-0.25, -0.2) is 4.98 Å². The van der Waals surface area contributed by atoms with Gasteiger partial charge in [-0.1, -0.05) is 5.16 Å². The fraction of sp³-hybridized carbons (Fsp3) is 0.545. The Bertz CT molecular complexity index is 502. The molecule has 0 N–H and O–H groups in total. The topological polar surface area (TPSA) is 61.0 Å². The second-order valence-electron chi connectivity index (χ2n) is 4.14. The van der Waals surface area contributed by atoms with E-state index >= 15 is 0 Å². The van der Waals surface area contributed by atoms with Gasteiger partial charge in [-0.2, -0.15) is 4.98 Å². The van der Waals surface area contributed by atoms with Crippen LogP contribution in [0.3, 0.4) is 0 Å². The number of thiazole rings is 1. The molecule has 1 atom stereocenters. The van der Waals surface area contributed by atoms with Gasteiger partial charge < -0.3 is 9.26 Å². The Hall–Kier alpha value is -1.27. The zero-order valence-corrected chi connectivity index (χ0v) is 10.4. The molecule has 5 nitrogen and oxygen atoms in total. The lowest BCUT2D eigenvalue weighted by Gasteiger charge is -1.97. The zero-order valence-electron chi connectivity index (χ0n) is 9.55. The molecule has 6 heteroatoms. The van der Waals surface area contributed by atoms with E-state index < -0.39 is 0 Å². The van der Waals surface area contributed by atoms with Crippen molar-refractivity contribution in [2.45, 2.75) is 25.7 Å². The van der Waals surface area contributed by atoms with Crippen LogP contribution in [-0.2, 0) is 11.2 Å². The summed E-state index contributed by atoms with van der Waals surface area (Å²) < 4.78 is 10.5. The molecular weight excluding hydrogens is 238 g/mol. The van der Waals surface area contributed by atoms with Gasteiger partial charge in [0.05, 0.1) is 23.7 Å². The molecule has 0 amide bonds. The number of nitrogens with zero attached hydrogens (tertiary/aromatic N) is 3. The van der Waals surface area contributed by atoms with Crippen molar-refractivity contribution in [3.63, 3.8) is 0 Å². The van der Waals surface area contributed by atoms with E-state index in [9.17, 15) is 0 Å². The lowest BCUT2D eigenvalue weighted by Crippen LogP contribution is -2.00. The van der Waals surface area contributed by atoms with Crippen LogP contribution >= 0.6 is 11.3 Å². The maximum Gasteiger partial charge on any atom is 0.232 e. The fourth-order valence-corrected chi connectivity index (χ4v) is 2.50. The second kappa shape index (κ2) is 4.54. The molecule has 0 spiro atoms. The summed E-state index contributed by atoms with van der Waals surface area (Å²) in [5.74, 6) is 1.70. The van der Waals surface area contributed by atoms with Crippen LogP contribution in [0.2, 0.25) is 0 Å². The summed E-state index contributed by atoms with van der Waals surface area (Å²) in [7, 11) is 0. The van der Waals surface area contributed by atoms with Crippen LogP contribution in [0.1, 0.15) is 34.8 Å². The minimum absolute atomic E-state index is 0.296. The highest BCUT2D eigenvalue weighted by atomic mass is 32.1. The molecule has 3 heterocycles. The summed E-state index contributed by atoms with van der Waals surface area (Å²) in [5, 5.41) is 7.10. The van der Waals surface area contributed by atoms with E-state index in [2.05, 4.69) is 15.1 Å². The van der Waals surface area contributed by atoms with Crippen molar-refractivity contribution in [3.8, 4) is 0 Å². The molecule has 1 fully saturated rings. The first kappa shape index (κ1) is 10.9. The van der Waals surface area contributed by atoms with E-state index in [-0.39, 0.29) is 0 Å². The zero-order chi connectivity index (χ0) is 11.7. The lowest BCUT2D eigenvalue weighted by atomic mass is 10.1. The summed E-state index contributed by atoms with van der Waals surface area (Å²) in [6.45, 7) is 3.48.